The van der Waals surface area contributed by atoms with Crippen molar-refractivity contribution in [3.63, 3.8) is 0 Å². The normalized spacial score (nSPS) is 15.2. The van der Waals surface area contributed by atoms with E-state index in [1.165, 1.54) is 6.92 Å². The molecular formula is C11H16FNO. The fraction of sp³-hybridized carbons (Fsp3) is 0.455. The number of hydrogen-bond donors (Lipinski definition) is 2. The number of rotatable bonds is 3. The van der Waals surface area contributed by atoms with Gasteiger partial charge in [-0.3, -0.25) is 0 Å². The fourth-order valence-electron chi connectivity index (χ4n) is 1.40. The summed E-state index contributed by atoms with van der Waals surface area (Å²) in [5, 5.41) is 8.92. The first-order valence-corrected chi connectivity index (χ1v) is 4.67. The Morgan fingerprint density at radius 1 is 1.50 bits per heavy atom. The Balaban J connectivity index is 3.08. The van der Waals surface area contributed by atoms with Crippen molar-refractivity contribution in [1.82, 2.24) is 0 Å². The molecule has 0 fully saturated rings. The van der Waals surface area contributed by atoms with Crippen molar-refractivity contribution in [2.45, 2.75) is 26.1 Å². The average molecular weight is 197 g/mol. The van der Waals surface area contributed by atoms with Crippen molar-refractivity contribution in [2.75, 3.05) is 6.61 Å². The summed E-state index contributed by atoms with van der Waals surface area (Å²) in [5.74, 6) is 0. The molecule has 14 heavy (non-hydrogen) atoms. The standard InChI is InChI=1S/C11H16FNO/c1-7-3-4-9(8(2)12)5-10(7)11(13)6-14/h3-5,8,11,14H,6,13H2,1-2H3. The van der Waals surface area contributed by atoms with Crippen molar-refractivity contribution in [3.8, 4) is 0 Å². The van der Waals surface area contributed by atoms with Gasteiger partial charge in [0, 0.05) is 0 Å². The number of benzene rings is 1. The van der Waals surface area contributed by atoms with Crippen LogP contribution < -0.4 is 5.73 Å². The molecule has 0 spiro atoms. The maximum absolute atomic E-state index is 13.0. The van der Waals surface area contributed by atoms with Gasteiger partial charge in [-0.15, -0.1) is 0 Å². The van der Waals surface area contributed by atoms with Gasteiger partial charge < -0.3 is 10.8 Å². The predicted molar refractivity (Wildman–Crippen MR) is 54.7 cm³/mol. The molecule has 0 saturated heterocycles. The van der Waals surface area contributed by atoms with Crippen LogP contribution in [-0.4, -0.2) is 11.7 Å². The van der Waals surface area contributed by atoms with E-state index in [1.54, 1.807) is 12.1 Å². The van der Waals surface area contributed by atoms with Crippen LogP contribution in [-0.2, 0) is 0 Å². The molecule has 3 heteroatoms. The molecule has 2 nitrogen and oxygen atoms in total. The van der Waals surface area contributed by atoms with E-state index in [1.807, 2.05) is 13.0 Å². The van der Waals surface area contributed by atoms with Crippen LogP contribution in [0.15, 0.2) is 18.2 Å². The Hall–Kier alpha value is -0.930. The molecule has 1 rings (SSSR count). The number of alkyl halides is 1. The predicted octanol–water partition coefficient (Wildman–Crippen LogP) is 2.02. The van der Waals surface area contributed by atoms with E-state index in [2.05, 4.69) is 0 Å². The fourth-order valence-corrected chi connectivity index (χ4v) is 1.40. The minimum atomic E-state index is -1.000. The van der Waals surface area contributed by atoms with Gasteiger partial charge in [0.2, 0.25) is 0 Å². The summed E-state index contributed by atoms with van der Waals surface area (Å²) >= 11 is 0. The SMILES string of the molecule is Cc1ccc(C(C)F)cc1C(N)CO. The van der Waals surface area contributed by atoms with Gasteiger partial charge >= 0.3 is 0 Å². The summed E-state index contributed by atoms with van der Waals surface area (Å²) in [5.41, 5.74) is 8.09. The minimum absolute atomic E-state index is 0.120. The summed E-state index contributed by atoms with van der Waals surface area (Å²) in [6.07, 6.45) is -1.000. The van der Waals surface area contributed by atoms with Crippen LogP contribution >= 0.6 is 0 Å². The first-order valence-electron chi connectivity index (χ1n) is 4.67. The third-order valence-corrected chi connectivity index (χ3v) is 2.36. The van der Waals surface area contributed by atoms with Gasteiger partial charge in [-0.25, -0.2) is 4.39 Å². The lowest BCUT2D eigenvalue weighted by atomic mass is 9.98. The number of halogens is 1. The smallest absolute Gasteiger partial charge is 0.122 e. The van der Waals surface area contributed by atoms with Crippen molar-refractivity contribution < 1.29 is 9.50 Å². The Bertz CT molecular complexity index is 312. The number of aliphatic hydroxyl groups excluding tert-OH is 1. The summed E-state index contributed by atoms with van der Waals surface area (Å²) in [6.45, 7) is 3.27. The maximum atomic E-state index is 13.0. The van der Waals surface area contributed by atoms with Crippen molar-refractivity contribution >= 4 is 0 Å². The summed E-state index contributed by atoms with van der Waals surface area (Å²) in [7, 11) is 0. The lowest BCUT2D eigenvalue weighted by Crippen LogP contribution is -2.16. The Morgan fingerprint density at radius 3 is 2.64 bits per heavy atom. The van der Waals surface area contributed by atoms with Gasteiger partial charge in [0.15, 0.2) is 0 Å². The zero-order valence-electron chi connectivity index (χ0n) is 8.50. The molecule has 0 aliphatic carbocycles. The highest BCUT2D eigenvalue weighted by atomic mass is 19.1. The van der Waals surface area contributed by atoms with Gasteiger partial charge in [-0.05, 0) is 30.5 Å². The molecule has 2 unspecified atom stereocenters. The highest BCUT2D eigenvalue weighted by Gasteiger charge is 2.10. The quantitative estimate of drug-likeness (QED) is 0.778. The summed E-state index contributed by atoms with van der Waals surface area (Å²) < 4.78 is 13.0. The zero-order chi connectivity index (χ0) is 10.7. The minimum Gasteiger partial charge on any atom is -0.394 e. The van der Waals surface area contributed by atoms with Crippen LogP contribution in [0.5, 0.6) is 0 Å². The van der Waals surface area contributed by atoms with E-state index in [4.69, 9.17) is 10.8 Å². The highest BCUT2D eigenvalue weighted by Crippen LogP contribution is 2.23. The first-order chi connectivity index (χ1) is 6.56. The van der Waals surface area contributed by atoms with Gasteiger partial charge in [0.05, 0.1) is 12.6 Å². The molecule has 2 atom stereocenters. The third kappa shape index (κ3) is 2.30. The number of aryl methyl sites for hydroxylation is 1. The Morgan fingerprint density at radius 2 is 2.14 bits per heavy atom. The second-order valence-electron chi connectivity index (χ2n) is 3.52. The van der Waals surface area contributed by atoms with E-state index in [0.29, 0.717) is 5.56 Å². The molecule has 0 aliphatic heterocycles. The molecule has 3 N–H and O–H groups in total. The molecule has 0 aromatic heterocycles. The van der Waals surface area contributed by atoms with E-state index in [9.17, 15) is 4.39 Å². The average Bonchev–Trinajstić information content (AvgIpc) is 2.17. The van der Waals surface area contributed by atoms with Gasteiger partial charge in [-0.1, -0.05) is 18.2 Å². The monoisotopic (exact) mass is 197 g/mol. The third-order valence-electron chi connectivity index (χ3n) is 2.36. The molecular weight excluding hydrogens is 181 g/mol. The van der Waals surface area contributed by atoms with Crippen molar-refractivity contribution in [3.05, 3.63) is 34.9 Å². The van der Waals surface area contributed by atoms with E-state index in [0.717, 1.165) is 11.1 Å². The van der Waals surface area contributed by atoms with Gasteiger partial charge in [0.1, 0.15) is 6.17 Å². The highest BCUT2D eigenvalue weighted by molar-refractivity contribution is 5.34. The van der Waals surface area contributed by atoms with Crippen LogP contribution in [0.25, 0.3) is 0 Å². The second-order valence-corrected chi connectivity index (χ2v) is 3.52. The molecule has 0 aliphatic rings. The molecule has 1 aromatic rings. The molecule has 0 heterocycles. The largest absolute Gasteiger partial charge is 0.394 e. The lowest BCUT2D eigenvalue weighted by Gasteiger charge is -2.14. The van der Waals surface area contributed by atoms with Crippen LogP contribution in [0.3, 0.4) is 0 Å². The lowest BCUT2D eigenvalue weighted by molar-refractivity contribution is 0.267. The molecule has 1 aromatic carbocycles. The van der Waals surface area contributed by atoms with E-state index in [-0.39, 0.29) is 6.61 Å². The topological polar surface area (TPSA) is 46.2 Å². The van der Waals surface area contributed by atoms with Crippen LogP contribution in [0.2, 0.25) is 0 Å². The van der Waals surface area contributed by atoms with Crippen LogP contribution in [0.1, 0.15) is 35.8 Å². The van der Waals surface area contributed by atoms with Crippen LogP contribution in [0.4, 0.5) is 4.39 Å². The molecule has 0 bridgehead atoms. The molecule has 0 amide bonds. The van der Waals surface area contributed by atoms with Crippen molar-refractivity contribution in [2.24, 2.45) is 5.73 Å². The van der Waals surface area contributed by atoms with Crippen molar-refractivity contribution in [1.29, 1.82) is 0 Å². The Kier molecular flexibility index (Phi) is 3.61. The molecule has 78 valence electrons. The Labute approximate surface area is 83.6 Å². The van der Waals surface area contributed by atoms with Gasteiger partial charge in [0.25, 0.3) is 0 Å². The first kappa shape index (κ1) is 11.1. The van der Waals surface area contributed by atoms with Gasteiger partial charge in [-0.2, -0.15) is 0 Å². The molecule has 0 radical (unpaired) electrons. The van der Waals surface area contributed by atoms with E-state index < -0.39 is 12.2 Å². The summed E-state index contributed by atoms with van der Waals surface area (Å²) in [4.78, 5) is 0. The molecule has 0 saturated carbocycles. The van der Waals surface area contributed by atoms with E-state index >= 15 is 0 Å². The zero-order valence-corrected chi connectivity index (χ0v) is 8.50. The number of aliphatic hydroxyl groups is 1. The number of hydrogen-bond acceptors (Lipinski definition) is 2. The van der Waals surface area contributed by atoms with Crippen LogP contribution in [0, 0.1) is 6.92 Å². The number of nitrogens with two attached hydrogens (primary N) is 1. The maximum Gasteiger partial charge on any atom is 0.122 e. The summed E-state index contributed by atoms with van der Waals surface area (Å²) in [6, 6.07) is 4.87. The second kappa shape index (κ2) is 4.53.